The highest BCUT2D eigenvalue weighted by atomic mass is 19.4. The van der Waals surface area contributed by atoms with Gasteiger partial charge in [0.05, 0.1) is 36.7 Å². The van der Waals surface area contributed by atoms with E-state index in [9.17, 15) is 18.0 Å². The molecule has 0 aliphatic heterocycles. The molecule has 1 aromatic heterocycles. The van der Waals surface area contributed by atoms with Crippen molar-refractivity contribution in [3.8, 4) is 22.8 Å². The van der Waals surface area contributed by atoms with E-state index in [0.29, 0.717) is 16.8 Å². The van der Waals surface area contributed by atoms with Gasteiger partial charge in [-0.15, -0.1) is 0 Å². The Kier molecular flexibility index (Phi) is 6.21. The number of rotatable bonds is 5. The monoisotopic (exact) mass is 482 g/mol. The van der Waals surface area contributed by atoms with Gasteiger partial charge in [0.15, 0.2) is 0 Å². The van der Waals surface area contributed by atoms with Gasteiger partial charge >= 0.3 is 6.18 Å². The summed E-state index contributed by atoms with van der Waals surface area (Å²) >= 11 is 0. The number of alkyl halides is 3. The van der Waals surface area contributed by atoms with Crippen LogP contribution < -0.4 is 20.5 Å². The Morgan fingerprint density at radius 3 is 2.37 bits per heavy atom. The highest BCUT2D eigenvalue weighted by Gasteiger charge is 2.35. The summed E-state index contributed by atoms with van der Waals surface area (Å²) in [6, 6.07) is 14.1. The van der Waals surface area contributed by atoms with Crippen molar-refractivity contribution >= 4 is 28.4 Å². The number of ether oxygens (including phenoxy) is 2. The van der Waals surface area contributed by atoms with Gasteiger partial charge < -0.3 is 20.5 Å². The van der Waals surface area contributed by atoms with Crippen LogP contribution in [0.2, 0.25) is 0 Å². The fourth-order valence-corrected chi connectivity index (χ4v) is 3.73. The van der Waals surface area contributed by atoms with E-state index < -0.39 is 23.4 Å². The number of nitrogens with one attached hydrogen (secondary N) is 1. The van der Waals surface area contributed by atoms with Gasteiger partial charge in [0.2, 0.25) is 5.95 Å². The Morgan fingerprint density at radius 2 is 1.69 bits per heavy atom. The number of carbonyl (C=O) groups excluding carboxylic acids is 1. The van der Waals surface area contributed by atoms with Crippen molar-refractivity contribution in [2.75, 3.05) is 25.3 Å². The van der Waals surface area contributed by atoms with Gasteiger partial charge in [-0.05, 0) is 36.8 Å². The van der Waals surface area contributed by atoms with Gasteiger partial charge in [0, 0.05) is 22.6 Å². The molecule has 0 fully saturated rings. The van der Waals surface area contributed by atoms with Crippen LogP contribution in [0.5, 0.6) is 11.5 Å². The van der Waals surface area contributed by atoms with Gasteiger partial charge in [-0.2, -0.15) is 13.2 Å². The fourth-order valence-electron chi connectivity index (χ4n) is 3.73. The van der Waals surface area contributed by atoms with E-state index in [4.69, 9.17) is 15.2 Å². The van der Waals surface area contributed by atoms with Crippen molar-refractivity contribution in [3.05, 3.63) is 71.3 Å². The number of benzene rings is 3. The maximum absolute atomic E-state index is 13.5. The quantitative estimate of drug-likeness (QED) is 0.391. The predicted octanol–water partition coefficient (Wildman–Crippen LogP) is 5.48. The molecule has 0 aliphatic carbocycles. The zero-order valence-corrected chi connectivity index (χ0v) is 19.0. The van der Waals surface area contributed by atoms with Crippen LogP contribution in [0, 0.1) is 6.92 Å². The number of hydrogen-bond donors (Lipinski definition) is 2. The van der Waals surface area contributed by atoms with Crippen molar-refractivity contribution in [2.24, 2.45) is 0 Å². The van der Waals surface area contributed by atoms with E-state index in [1.807, 2.05) is 25.1 Å². The number of para-hydroxylation sites is 1. The number of aromatic nitrogens is 2. The molecule has 180 valence electrons. The van der Waals surface area contributed by atoms with E-state index in [2.05, 4.69) is 15.3 Å². The summed E-state index contributed by atoms with van der Waals surface area (Å²) in [5.41, 5.74) is 7.57. The molecule has 0 unspecified atom stereocenters. The molecule has 0 bridgehead atoms. The lowest BCUT2D eigenvalue weighted by Gasteiger charge is -2.17. The number of halogens is 3. The van der Waals surface area contributed by atoms with E-state index in [0.717, 1.165) is 30.2 Å². The number of nitrogen functional groups attached to an aromatic ring is 1. The Labute approximate surface area is 198 Å². The molecule has 0 saturated heterocycles. The molecule has 35 heavy (non-hydrogen) atoms. The van der Waals surface area contributed by atoms with E-state index in [1.165, 1.54) is 7.11 Å². The molecule has 4 rings (SSSR count). The average molecular weight is 482 g/mol. The van der Waals surface area contributed by atoms with Crippen molar-refractivity contribution in [2.45, 2.75) is 13.1 Å². The lowest BCUT2D eigenvalue weighted by Crippen LogP contribution is -2.15. The third-order valence-corrected chi connectivity index (χ3v) is 5.45. The van der Waals surface area contributed by atoms with Crippen LogP contribution in [0.1, 0.15) is 21.5 Å². The minimum atomic E-state index is -4.69. The molecule has 0 atom stereocenters. The number of fused-ring (bicyclic) bond motifs is 1. The summed E-state index contributed by atoms with van der Waals surface area (Å²) < 4.78 is 50.5. The molecule has 0 saturated carbocycles. The fraction of sp³-hybridized carbons (Fsp3) is 0.160. The standard InChI is InChI=1S/C25H21F3N4O3/c1-13-8-9-14(10-16(13)22-15-6-4-5-7-18(15)31-24(29)32-22)23(33)30-19-11-17(25(26,27)28)20(34-2)12-21(19)35-3/h4-12H,1-3H3,(H,30,33)(H2,29,31,32). The Morgan fingerprint density at radius 1 is 0.971 bits per heavy atom. The third-order valence-electron chi connectivity index (χ3n) is 5.45. The zero-order chi connectivity index (χ0) is 25.3. The van der Waals surface area contributed by atoms with Crippen LogP contribution >= 0.6 is 0 Å². The summed E-state index contributed by atoms with van der Waals surface area (Å²) in [5, 5.41) is 3.26. The second-order valence-electron chi connectivity index (χ2n) is 7.68. The Balaban J connectivity index is 1.76. The van der Waals surface area contributed by atoms with Crippen LogP contribution in [0.25, 0.3) is 22.2 Å². The Bertz CT molecular complexity index is 1440. The van der Waals surface area contributed by atoms with E-state index in [1.54, 1.807) is 24.3 Å². The van der Waals surface area contributed by atoms with Crippen LogP contribution in [-0.2, 0) is 6.18 Å². The first-order chi connectivity index (χ1) is 16.6. The van der Waals surface area contributed by atoms with Crippen molar-refractivity contribution in [1.29, 1.82) is 0 Å². The number of nitrogens with two attached hydrogens (primary N) is 1. The van der Waals surface area contributed by atoms with Gasteiger partial charge in [0.1, 0.15) is 11.5 Å². The second kappa shape index (κ2) is 9.13. The molecule has 10 heteroatoms. The number of amides is 1. The molecular formula is C25H21F3N4O3. The summed E-state index contributed by atoms with van der Waals surface area (Å²) in [7, 11) is 2.41. The maximum Gasteiger partial charge on any atom is 0.420 e. The molecule has 3 N–H and O–H groups in total. The summed E-state index contributed by atoms with van der Waals surface area (Å²) in [6.45, 7) is 1.85. The lowest BCUT2D eigenvalue weighted by atomic mass is 9.99. The number of anilines is 2. The molecule has 7 nitrogen and oxygen atoms in total. The maximum atomic E-state index is 13.5. The van der Waals surface area contributed by atoms with E-state index >= 15 is 0 Å². The number of methoxy groups -OCH3 is 2. The first kappa shape index (κ1) is 23.8. The molecule has 0 radical (unpaired) electrons. The lowest BCUT2D eigenvalue weighted by molar-refractivity contribution is -0.138. The first-order valence-corrected chi connectivity index (χ1v) is 10.4. The smallest absolute Gasteiger partial charge is 0.420 e. The molecular weight excluding hydrogens is 461 g/mol. The molecule has 3 aromatic carbocycles. The summed E-state index contributed by atoms with van der Waals surface area (Å²) in [4.78, 5) is 21.7. The van der Waals surface area contributed by atoms with Gasteiger partial charge in [-0.1, -0.05) is 24.3 Å². The Hall–Kier alpha value is -4.34. The molecule has 0 spiro atoms. The number of carbonyl (C=O) groups is 1. The van der Waals surface area contributed by atoms with Crippen molar-refractivity contribution in [1.82, 2.24) is 9.97 Å². The largest absolute Gasteiger partial charge is 0.496 e. The minimum Gasteiger partial charge on any atom is -0.496 e. The predicted molar refractivity (Wildman–Crippen MR) is 127 cm³/mol. The zero-order valence-electron chi connectivity index (χ0n) is 19.0. The highest BCUT2D eigenvalue weighted by molar-refractivity contribution is 6.06. The third kappa shape index (κ3) is 4.68. The average Bonchev–Trinajstić information content (AvgIpc) is 2.82. The topological polar surface area (TPSA) is 99.4 Å². The number of nitrogens with zero attached hydrogens (tertiary/aromatic N) is 2. The summed E-state index contributed by atoms with van der Waals surface area (Å²) in [5.74, 6) is -0.951. The number of aryl methyl sites for hydroxylation is 1. The normalized spacial score (nSPS) is 11.4. The van der Waals surface area contributed by atoms with E-state index in [-0.39, 0.29) is 22.9 Å². The van der Waals surface area contributed by atoms with Crippen LogP contribution in [0.4, 0.5) is 24.8 Å². The second-order valence-corrected chi connectivity index (χ2v) is 7.68. The van der Waals surface area contributed by atoms with Crippen molar-refractivity contribution < 1.29 is 27.4 Å². The molecule has 4 aromatic rings. The van der Waals surface area contributed by atoms with Crippen LogP contribution in [0.15, 0.2) is 54.6 Å². The van der Waals surface area contributed by atoms with Crippen molar-refractivity contribution in [3.63, 3.8) is 0 Å². The van der Waals surface area contributed by atoms with Gasteiger partial charge in [0.25, 0.3) is 5.91 Å². The molecule has 1 amide bonds. The van der Waals surface area contributed by atoms with Crippen LogP contribution in [0.3, 0.4) is 0 Å². The number of hydrogen-bond acceptors (Lipinski definition) is 6. The first-order valence-electron chi connectivity index (χ1n) is 10.4. The van der Waals surface area contributed by atoms with Gasteiger partial charge in [-0.25, -0.2) is 9.97 Å². The van der Waals surface area contributed by atoms with Crippen LogP contribution in [-0.4, -0.2) is 30.1 Å². The highest BCUT2D eigenvalue weighted by Crippen LogP contribution is 2.42. The molecule has 0 aliphatic rings. The molecule has 1 heterocycles. The van der Waals surface area contributed by atoms with Gasteiger partial charge in [-0.3, -0.25) is 4.79 Å². The minimum absolute atomic E-state index is 0.0186. The summed E-state index contributed by atoms with van der Waals surface area (Å²) in [6.07, 6.45) is -4.69. The SMILES string of the molecule is COc1cc(OC)c(C(F)(F)F)cc1NC(=O)c1ccc(C)c(-c2nc(N)nc3ccccc23)c1.